The summed E-state index contributed by atoms with van der Waals surface area (Å²) in [6.07, 6.45) is 3.58. The van der Waals surface area contributed by atoms with Crippen LogP contribution in [0.25, 0.3) is 0 Å². The van der Waals surface area contributed by atoms with E-state index in [4.69, 9.17) is 0 Å². The Morgan fingerprint density at radius 3 is 2.75 bits per heavy atom. The maximum Gasteiger partial charge on any atom is 0.240 e. The highest BCUT2D eigenvalue weighted by molar-refractivity contribution is 5.86. The second-order valence-electron chi connectivity index (χ2n) is 4.39. The molecule has 0 aromatic heterocycles. The van der Waals surface area contributed by atoms with Gasteiger partial charge < -0.3 is 5.32 Å². The van der Waals surface area contributed by atoms with Crippen LogP contribution in [0.15, 0.2) is 0 Å². The fraction of sp³-hybridized carbons (Fsp3) is 0.889. The van der Waals surface area contributed by atoms with Gasteiger partial charge in [0.05, 0.1) is 5.54 Å². The van der Waals surface area contributed by atoms with Crippen molar-refractivity contribution in [3.63, 3.8) is 0 Å². The molecule has 2 rings (SSSR count). The third-order valence-corrected chi connectivity index (χ3v) is 2.95. The maximum atomic E-state index is 11.5. The molecule has 0 aromatic rings. The molecule has 1 saturated heterocycles. The number of fused-ring (bicyclic) bond motifs is 1. The standard InChI is InChI=1S/C9H16N2O/c1-9(2)8(12)10-6-4-3-5-7(6)11-9/h6-7,11H,3-5H2,1-2H3,(H,10,12)/t6-,7-/m1/s1. The van der Waals surface area contributed by atoms with Crippen LogP contribution in [0.3, 0.4) is 0 Å². The number of carbonyl (C=O) groups excluding carboxylic acids is 1. The number of piperazine rings is 1. The van der Waals surface area contributed by atoms with Gasteiger partial charge in [-0.15, -0.1) is 0 Å². The summed E-state index contributed by atoms with van der Waals surface area (Å²) in [5, 5.41) is 6.46. The van der Waals surface area contributed by atoms with Crippen LogP contribution in [0.2, 0.25) is 0 Å². The summed E-state index contributed by atoms with van der Waals surface area (Å²) < 4.78 is 0. The number of amides is 1. The van der Waals surface area contributed by atoms with Crippen LogP contribution in [0.4, 0.5) is 0 Å². The Hall–Kier alpha value is -0.570. The van der Waals surface area contributed by atoms with Gasteiger partial charge in [-0.3, -0.25) is 10.1 Å². The number of hydrogen-bond donors (Lipinski definition) is 2. The second-order valence-corrected chi connectivity index (χ2v) is 4.39. The average molecular weight is 168 g/mol. The summed E-state index contributed by atoms with van der Waals surface area (Å²) >= 11 is 0. The second kappa shape index (κ2) is 2.46. The average Bonchev–Trinajstić information content (AvgIpc) is 2.35. The molecule has 0 bridgehead atoms. The molecule has 0 spiro atoms. The molecule has 12 heavy (non-hydrogen) atoms. The largest absolute Gasteiger partial charge is 0.350 e. The Balaban J connectivity index is 2.14. The molecular weight excluding hydrogens is 152 g/mol. The highest BCUT2D eigenvalue weighted by atomic mass is 16.2. The van der Waals surface area contributed by atoms with Crippen LogP contribution in [0.1, 0.15) is 33.1 Å². The number of carbonyl (C=O) groups is 1. The van der Waals surface area contributed by atoms with Crippen molar-refractivity contribution in [1.82, 2.24) is 10.6 Å². The minimum absolute atomic E-state index is 0.144. The lowest BCUT2D eigenvalue weighted by molar-refractivity contribution is -0.129. The summed E-state index contributed by atoms with van der Waals surface area (Å²) in [4.78, 5) is 11.5. The molecule has 0 radical (unpaired) electrons. The Morgan fingerprint density at radius 2 is 2.00 bits per heavy atom. The van der Waals surface area contributed by atoms with Crippen molar-refractivity contribution in [2.24, 2.45) is 0 Å². The van der Waals surface area contributed by atoms with E-state index in [9.17, 15) is 4.79 Å². The van der Waals surface area contributed by atoms with Gasteiger partial charge in [0.1, 0.15) is 0 Å². The molecule has 3 heteroatoms. The molecule has 2 aliphatic rings. The first-order valence-corrected chi connectivity index (χ1v) is 4.68. The predicted molar refractivity (Wildman–Crippen MR) is 46.8 cm³/mol. The van der Waals surface area contributed by atoms with Crippen molar-refractivity contribution in [2.45, 2.75) is 50.7 Å². The molecule has 68 valence electrons. The topological polar surface area (TPSA) is 41.1 Å². The predicted octanol–water partition coefficient (Wildman–Crippen LogP) is 0.405. The van der Waals surface area contributed by atoms with E-state index in [-0.39, 0.29) is 11.4 Å². The highest BCUT2D eigenvalue weighted by Crippen LogP contribution is 2.25. The zero-order valence-corrected chi connectivity index (χ0v) is 7.68. The Morgan fingerprint density at radius 1 is 1.33 bits per heavy atom. The van der Waals surface area contributed by atoms with Gasteiger partial charge in [0.25, 0.3) is 0 Å². The van der Waals surface area contributed by atoms with Gasteiger partial charge in [0, 0.05) is 12.1 Å². The summed E-state index contributed by atoms with van der Waals surface area (Å²) in [6.45, 7) is 3.88. The van der Waals surface area contributed by atoms with Gasteiger partial charge in [0.15, 0.2) is 0 Å². The molecule has 1 aliphatic heterocycles. The molecule has 3 nitrogen and oxygen atoms in total. The van der Waals surface area contributed by atoms with Crippen molar-refractivity contribution < 1.29 is 4.79 Å². The van der Waals surface area contributed by atoms with Crippen LogP contribution in [-0.2, 0) is 4.79 Å². The van der Waals surface area contributed by atoms with Gasteiger partial charge >= 0.3 is 0 Å². The normalized spacial score (nSPS) is 39.0. The first-order valence-electron chi connectivity index (χ1n) is 4.68. The lowest BCUT2D eigenvalue weighted by Gasteiger charge is -2.38. The zero-order chi connectivity index (χ0) is 8.77. The van der Waals surface area contributed by atoms with Crippen molar-refractivity contribution >= 4 is 5.91 Å². The summed E-state index contributed by atoms with van der Waals surface area (Å²) in [5.74, 6) is 0.144. The molecule has 2 N–H and O–H groups in total. The maximum absolute atomic E-state index is 11.5. The van der Waals surface area contributed by atoms with Crippen molar-refractivity contribution in [1.29, 1.82) is 0 Å². The fourth-order valence-electron chi connectivity index (χ4n) is 2.18. The van der Waals surface area contributed by atoms with Crippen LogP contribution in [0.5, 0.6) is 0 Å². The fourth-order valence-corrected chi connectivity index (χ4v) is 2.18. The quantitative estimate of drug-likeness (QED) is 0.550. The lowest BCUT2D eigenvalue weighted by atomic mass is 9.96. The van der Waals surface area contributed by atoms with Gasteiger partial charge in [0.2, 0.25) is 5.91 Å². The third-order valence-electron chi connectivity index (χ3n) is 2.95. The van der Waals surface area contributed by atoms with Gasteiger partial charge in [-0.2, -0.15) is 0 Å². The Labute approximate surface area is 72.9 Å². The Bertz CT molecular complexity index is 213. The summed E-state index contributed by atoms with van der Waals surface area (Å²) in [7, 11) is 0. The smallest absolute Gasteiger partial charge is 0.240 e. The summed E-state index contributed by atoms with van der Waals surface area (Å²) in [6, 6.07) is 0.906. The first-order chi connectivity index (χ1) is 5.59. The van der Waals surface area contributed by atoms with Crippen molar-refractivity contribution in [3.05, 3.63) is 0 Å². The molecule has 1 saturated carbocycles. The number of rotatable bonds is 0. The van der Waals surface area contributed by atoms with E-state index in [0.717, 1.165) is 6.42 Å². The number of hydrogen-bond acceptors (Lipinski definition) is 2. The van der Waals surface area contributed by atoms with Crippen molar-refractivity contribution in [3.8, 4) is 0 Å². The van der Waals surface area contributed by atoms with Gasteiger partial charge in [-0.25, -0.2) is 0 Å². The molecule has 2 fully saturated rings. The van der Waals surface area contributed by atoms with E-state index in [0.29, 0.717) is 12.1 Å². The van der Waals surface area contributed by atoms with E-state index < -0.39 is 0 Å². The third kappa shape index (κ3) is 1.12. The molecular formula is C9H16N2O. The molecule has 1 amide bonds. The molecule has 0 aromatic carbocycles. The minimum atomic E-state index is -0.370. The SMILES string of the molecule is CC1(C)N[C@@H]2CCC[C@H]2NC1=O. The molecule has 1 aliphatic carbocycles. The summed E-state index contributed by atoms with van der Waals surface area (Å²) in [5.41, 5.74) is -0.370. The number of nitrogens with one attached hydrogen (secondary N) is 2. The molecule has 0 unspecified atom stereocenters. The van der Waals surface area contributed by atoms with E-state index in [1.807, 2.05) is 13.8 Å². The zero-order valence-electron chi connectivity index (χ0n) is 7.68. The molecule has 1 heterocycles. The lowest BCUT2D eigenvalue weighted by Crippen LogP contribution is -2.67. The monoisotopic (exact) mass is 168 g/mol. The van der Waals surface area contributed by atoms with E-state index in [1.165, 1.54) is 12.8 Å². The van der Waals surface area contributed by atoms with Crippen LogP contribution in [-0.4, -0.2) is 23.5 Å². The van der Waals surface area contributed by atoms with E-state index >= 15 is 0 Å². The van der Waals surface area contributed by atoms with E-state index in [2.05, 4.69) is 10.6 Å². The van der Waals surface area contributed by atoms with Gasteiger partial charge in [-0.1, -0.05) is 0 Å². The minimum Gasteiger partial charge on any atom is -0.350 e. The van der Waals surface area contributed by atoms with Crippen molar-refractivity contribution in [2.75, 3.05) is 0 Å². The van der Waals surface area contributed by atoms with Crippen LogP contribution in [0, 0.1) is 0 Å². The van der Waals surface area contributed by atoms with E-state index in [1.54, 1.807) is 0 Å². The highest BCUT2D eigenvalue weighted by Gasteiger charge is 2.41. The Kier molecular flexibility index (Phi) is 1.65. The van der Waals surface area contributed by atoms with Gasteiger partial charge in [-0.05, 0) is 33.1 Å². The first kappa shape index (κ1) is 8.05. The van der Waals surface area contributed by atoms with Crippen LogP contribution < -0.4 is 10.6 Å². The van der Waals surface area contributed by atoms with Crippen LogP contribution >= 0.6 is 0 Å². The molecule has 2 atom stereocenters.